The van der Waals surface area contributed by atoms with E-state index < -0.39 is 0 Å². The van der Waals surface area contributed by atoms with E-state index >= 15 is 0 Å². The minimum absolute atomic E-state index is 0.0141. The Kier molecular flexibility index (Phi) is 7.59. The normalized spacial score (nSPS) is 15.0. The van der Waals surface area contributed by atoms with Crippen LogP contribution in [0.5, 0.6) is 0 Å². The van der Waals surface area contributed by atoms with E-state index in [1.807, 2.05) is 24.3 Å². The van der Waals surface area contributed by atoms with Crippen LogP contribution in [0, 0.1) is 5.92 Å². The lowest BCUT2D eigenvalue weighted by atomic mass is 9.87. The first-order valence-electron chi connectivity index (χ1n) is 9.02. The molecule has 0 atom stereocenters. The third-order valence-electron chi connectivity index (χ3n) is 4.64. The number of benzene rings is 1. The number of nitrogens with two attached hydrogens (primary N) is 1. The largest absolute Gasteiger partial charge is 0.399 e. The molecule has 24 heavy (non-hydrogen) atoms. The number of hydrogen-bond acceptors (Lipinski definition) is 3. The highest BCUT2D eigenvalue weighted by atomic mass is 16.2. The van der Waals surface area contributed by atoms with Gasteiger partial charge in [0.1, 0.15) is 0 Å². The van der Waals surface area contributed by atoms with Crippen LogP contribution < -0.4 is 16.4 Å². The van der Waals surface area contributed by atoms with Crippen molar-refractivity contribution in [3.63, 3.8) is 0 Å². The van der Waals surface area contributed by atoms with E-state index in [-0.39, 0.29) is 11.8 Å². The van der Waals surface area contributed by atoms with Gasteiger partial charge in [0, 0.05) is 31.6 Å². The highest BCUT2D eigenvalue weighted by Crippen LogP contribution is 2.25. The predicted molar refractivity (Wildman–Crippen MR) is 96.4 cm³/mol. The number of nitrogens with one attached hydrogen (secondary N) is 2. The summed E-state index contributed by atoms with van der Waals surface area (Å²) >= 11 is 0. The summed E-state index contributed by atoms with van der Waals surface area (Å²) in [6.45, 7) is 0.963. The van der Waals surface area contributed by atoms with E-state index in [1.165, 1.54) is 32.1 Å². The van der Waals surface area contributed by atoms with Crippen LogP contribution in [-0.4, -0.2) is 24.9 Å². The van der Waals surface area contributed by atoms with Gasteiger partial charge in [-0.15, -0.1) is 0 Å². The molecule has 132 valence electrons. The second-order valence-corrected chi connectivity index (χ2v) is 6.61. The predicted octanol–water partition coefficient (Wildman–Crippen LogP) is 2.40. The summed E-state index contributed by atoms with van der Waals surface area (Å²) in [5.74, 6) is 0.637. The Balaban J connectivity index is 1.54. The zero-order valence-corrected chi connectivity index (χ0v) is 14.4. The maximum atomic E-state index is 11.9. The highest BCUT2D eigenvalue weighted by molar-refractivity contribution is 5.77. The van der Waals surface area contributed by atoms with Gasteiger partial charge >= 0.3 is 0 Å². The summed E-state index contributed by atoms with van der Waals surface area (Å²) < 4.78 is 0. The second kappa shape index (κ2) is 9.96. The minimum Gasteiger partial charge on any atom is -0.399 e. The number of anilines is 1. The number of aryl methyl sites for hydroxylation is 1. The van der Waals surface area contributed by atoms with E-state index in [9.17, 15) is 9.59 Å². The van der Waals surface area contributed by atoms with Crippen molar-refractivity contribution in [2.75, 3.05) is 18.8 Å². The fourth-order valence-corrected chi connectivity index (χ4v) is 3.23. The Morgan fingerprint density at radius 3 is 2.38 bits per heavy atom. The highest BCUT2D eigenvalue weighted by Gasteiger charge is 2.16. The van der Waals surface area contributed by atoms with Crippen molar-refractivity contribution in [3.8, 4) is 0 Å². The van der Waals surface area contributed by atoms with Gasteiger partial charge in [-0.05, 0) is 36.8 Å². The zero-order valence-electron chi connectivity index (χ0n) is 14.4. The van der Waals surface area contributed by atoms with Crippen molar-refractivity contribution in [1.29, 1.82) is 0 Å². The lowest BCUT2D eigenvalue weighted by Gasteiger charge is -2.20. The quantitative estimate of drug-likeness (QED) is 0.505. The first kappa shape index (κ1) is 18.3. The molecule has 0 saturated heterocycles. The lowest BCUT2D eigenvalue weighted by Crippen LogP contribution is -2.35. The number of amides is 2. The third kappa shape index (κ3) is 6.60. The van der Waals surface area contributed by atoms with Gasteiger partial charge in [-0.25, -0.2) is 0 Å². The van der Waals surface area contributed by atoms with Crippen LogP contribution in [0.2, 0.25) is 0 Å². The van der Waals surface area contributed by atoms with Crippen LogP contribution >= 0.6 is 0 Å². The van der Waals surface area contributed by atoms with Crippen LogP contribution in [-0.2, 0) is 16.0 Å². The fourth-order valence-electron chi connectivity index (χ4n) is 3.23. The molecule has 5 nitrogen and oxygen atoms in total. The standard InChI is InChI=1S/C19H29N3O2/c20-17-9-5-4-8-16(17)10-11-18(23)21-12-13-22-19(24)14-15-6-2-1-3-7-15/h4-5,8-9,15H,1-3,6-7,10-14,20H2,(H,21,23)(H,22,24). The number of carbonyl (C=O) groups is 2. The maximum absolute atomic E-state index is 11.9. The molecule has 0 bridgehead atoms. The Labute approximate surface area is 144 Å². The van der Waals surface area contributed by atoms with Gasteiger partial charge in [-0.2, -0.15) is 0 Å². The molecule has 1 aliphatic carbocycles. The number of nitrogen functional groups attached to an aromatic ring is 1. The van der Waals surface area contributed by atoms with Gasteiger partial charge in [-0.1, -0.05) is 37.5 Å². The Morgan fingerprint density at radius 1 is 1.00 bits per heavy atom. The molecule has 2 amide bonds. The van der Waals surface area contributed by atoms with Gasteiger partial charge in [-0.3, -0.25) is 9.59 Å². The number of hydrogen-bond donors (Lipinski definition) is 3. The van der Waals surface area contributed by atoms with E-state index in [2.05, 4.69) is 10.6 Å². The van der Waals surface area contributed by atoms with Gasteiger partial charge in [0.25, 0.3) is 0 Å². The minimum atomic E-state index is -0.0141. The molecule has 0 heterocycles. The summed E-state index contributed by atoms with van der Waals surface area (Å²) in [6, 6.07) is 7.59. The van der Waals surface area contributed by atoms with Gasteiger partial charge in [0.05, 0.1) is 0 Å². The molecule has 1 aliphatic rings. The molecule has 0 aliphatic heterocycles. The van der Waals surface area contributed by atoms with Crippen molar-refractivity contribution in [2.45, 2.75) is 51.4 Å². The molecular weight excluding hydrogens is 302 g/mol. The lowest BCUT2D eigenvalue weighted by molar-refractivity contribution is -0.123. The van der Waals surface area contributed by atoms with E-state index in [1.54, 1.807) is 0 Å². The second-order valence-electron chi connectivity index (χ2n) is 6.61. The Bertz CT molecular complexity index is 539. The molecule has 0 unspecified atom stereocenters. The van der Waals surface area contributed by atoms with Crippen molar-refractivity contribution in [2.24, 2.45) is 5.92 Å². The van der Waals surface area contributed by atoms with E-state index in [0.717, 1.165) is 11.3 Å². The van der Waals surface area contributed by atoms with Gasteiger partial charge < -0.3 is 16.4 Å². The molecule has 0 spiro atoms. The van der Waals surface area contributed by atoms with Crippen LogP contribution in [0.1, 0.15) is 50.5 Å². The fraction of sp³-hybridized carbons (Fsp3) is 0.579. The SMILES string of the molecule is Nc1ccccc1CCC(=O)NCCNC(=O)CC1CCCCC1. The van der Waals surface area contributed by atoms with Crippen molar-refractivity contribution in [1.82, 2.24) is 10.6 Å². The molecule has 1 aromatic carbocycles. The first-order chi connectivity index (χ1) is 11.6. The van der Waals surface area contributed by atoms with Crippen LogP contribution in [0.25, 0.3) is 0 Å². The summed E-state index contributed by atoms with van der Waals surface area (Å²) in [6.07, 6.45) is 7.82. The molecule has 4 N–H and O–H groups in total. The Hall–Kier alpha value is -2.04. The molecule has 1 saturated carbocycles. The molecule has 5 heteroatoms. The Morgan fingerprint density at radius 2 is 1.67 bits per heavy atom. The maximum Gasteiger partial charge on any atom is 0.220 e. The van der Waals surface area contributed by atoms with Crippen molar-refractivity contribution < 1.29 is 9.59 Å². The number of rotatable bonds is 8. The summed E-state index contributed by atoms with van der Waals surface area (Å²) in [4.78, 5) is 23.7. The number of para-hydroxylation sites is 1. The zero-order chi connectivity index (χ0) is 17.2. The summed E-state index contributed by atoms with van der Waals surface area (Å²) in [7, 11) is 0. The smallest absolute Gasteiger partial charge is 0.220 e. The average Bonchev–Trinajstić information content (AvgIpc) is 2.59. The topological polar surface area (TPSA) is 84.2 Å². The van der Waals surface area contributed by atoms with Crippen molar-refractivity contribution in [3.05, 3.63) is 29.8 Å². The molecule has 0 aromatic heterocycles. The summed E-state index contributed by atoms with van der Waals surface area (Å²) in [5.41, 5.74) is 7.58. The van der Waals surface area contributed by atoms with Crippen LogP contribution in [0.4, 0.5) is 5.69 Å². The van der Waals surface area contributed by atoms with E-state index in [4.69, 9.17) is 5.73 Å². The van der Waals surface area contributed by atoms with Gasteiger partial charge in [0.15, 0.2) is 0 Å². The summed E-state index contributed by atoms with van der Waals surface area (Å²) in [5, 5.41) is 5.73. The molecule has 0 radical (unpaired) electrons. The first-order valence-corrected chi connectivity index (χ1v) is 9.02. The molecule has 2 rings (SSSR count). The van der Waals surface area contributed by atoms with E-state index in [0.29, 0.717) is 38.3 Å². The van der Waals surface area contributed by atoms with Crippen LogP contribution in [0.3, 0.4) is 0 Å². The third-order valence-corrected chi connectivity index (χ3v) is 4.64. The monoisotopic (exact) mass is 331 g/mol. The molecular formula is C19H29N3O2. The average molecular weight is 331 g/mol. The molecule has 1 aromatic rings. The molecule has 1 fully saturated rings. The van der Waals surface area contributed by atoms with Crippen LogP contribution in [0.15, 0.2) is 24.3 Å². The number of carbonyl (C=O) groups excluding carboxylic acids is 2. The van der Waals surface area contributed by atoms with Crippen molar-refractivity contribution >= 4 is 17.5 Å². The van der Waals surface area contributed by atoms with Gasteiger partial charge in [0.2, 0.25) is 11.8 Å².